The Labute approximate surface area is 103 Å². The first-order valence-electron chi connectivity index (χ1n) is 5.97. The molecule has 0 saturated carbocycles. The van der Waals surface area contributed by atoms with Gasteiger partial charge in [0.15, 0.2) is 0 Å². The van der Waals surface area contributed by atoms with Crippen molar-refractivity contribution in [2.45, 2.75) is 39.3 Å². The maximum absolute atomic E-state index is 10.1. The molecule has 96 valence electrons. The first kappa shape index (κ1) is 14.2. The van der Waals surface area contributed by atoms with Gasteiger partial charge < -0.3 is 15.5 Å². The van der Waals surface area contributed by atoms with Gasteiger partial charge >= 0.3 is 0 Å². The number of rotatable bonds is 5. The molecule has 0 fully saturated rings. The molecule has 1 unspecified atom stereocenters. The number of nitrogens with one attached hydrogen (secondary N) is 1. The molecule has 3 N–H and O–H groups in total. The molecule has 0 aromatic heterocycles. The van der Waals surface area contributed by atoms with Crippen LogP contribution in [0.1, 0.15) is 36.6 Å². The van der Waals surface area contributed by atoms with Crippen molar-refractivity contribution in [3.8, 4) is 0 Å². The average molecular weight is 237 g/mol. The van der Waals surface area contributed by atoms with E-state index in [9.17, 15) is 5.11 Å². The second-order valence-corrected chi connectivity index (χ2v) is 5.30. The lowest BCUT2D eigenvalue weighted by Crippen LogP contribution is -2.44. The highest BCUT2D eigenvalue weighted by atomic mass is 16.3. The number of aryl methyl sites for hydroxylation is 2. The summed E-state index contributed by atoms with van der Waals surface area (Å²) < 4.78 is 0. The fourth-order valence-corrected chi connectivity index (χ4v) is 1.74. The van der Waals surface area contributed by atoms with Gasteiger partial charge in [-0.15, -0.1) is 0 Å². The van der Waals surface area contributed by atoms with Crippen LogP contribution in [-0.2, 0) is 0 Å². The fraction of sp³-hybridized carbons (Fsp3) is 0.571. The zero-order valence-electron chi connectivity index (χ0n) is 11.1. The summed E-state index contributed by atoms with van der Waals surface area (Å²) >= 11 is 0. The van der Waals surface area contributed by atoms with E-state index in [1.807, 2.05) is 39.8 Å². The Balaban J connectivity index is 2.67. The smallest absolute Gasteiger partial charge is 0.0917 e. The van der Waals surface area contributed by atoms with Crippen LogP contribution >= 0.6 is 0 Å². The van der Waals surface area contributed by atoms with Crippen molar-refractivity contribution >= 4 is 0 Å². The molecule has 1 aromatic rings. The van der Waals surface area contributed by atoms with Gasteiger partial charge in [-0.05, 0) is 38.8 Å². The molecule has 0 aliphatic carbocycles. The van der Waals surface area contributed by atoms with E-state index in [1.54, 1.807) is 0 Å². The Hall–Kier alpha value is -0.900. The highest BCUT2D eigenvalue weighted by molar-refractivity contribution is 5.32. The van der Waals surface area contributed by atoms with E-state index in [0.29, 0.717) is 6.54 Å². The molecule has 1 rings (SSSR count). The minimum atomic E-state index is -0.540. The molecule has 0 radical (unpaired) electrons. The Morgan fingerprint density at radius 3 is 2.47 bits per heavy atom. The summed E-state index contributed by atoms with van der Waals surface area (Å²) in [5.74, 6) is 0. The first-order chi connectivity index (χ1) is 7.85. The summed E-state index contributed by atoms with van der Waals surface area (Å²) in [7, 11) is 0. The molecule has 1 aromatic carbocycles. The van der Waals surface area contributed by atoms with E-state index in [4.69, 9.17) is 5.11 Å². The monoisotopic (exact) mass is 237 g/mol. The molecular weight excluding hydrogens is 214 g/mol. The predicted molar refractivity (Wildman–Crippen MR) is 70.0 cm³/mol. The van der Waals surface area contributed by atoms with Gasteiger partial charge in [0.25, 0.3) is 0 Å². The number of hydrogen-bond donors (Lipinski definition) is 3. The van der Waals surface area contributed by atoms with Crippen LogP contribution in [0, 0.1) is 13.8 Å². The van der Waals surface area contributed by atoms with Gasteiger partial charge in [0.1, 0.15) is 0 Å². The minimum Gasteiger partial charge on any atom is -0.394 e. The largest absolute Gasteiger partial charge is 0.394 e. The van der Waals surface area contributed by atoms with Crippen LogP contribution in [0.3, 0.4) is 0 Å². The van der Waals surface area contributed by atoms with Crippen LogP contribution in [0.4, 0.5) is 0 Å². The summed E-state index contributed by atoms with van der Waals surface area (Å²) in [6.07, 6.45) is -0.540. The molecule has 3 nitrogen and oxygen atoms in total. The van der Waals surface area contributed by atoms with Gasteiger partial charge in [-0.25, -0.2) is 0 Å². The summed E-state index contributed by atoms with van der Waals surface area (Å²) in [5.41, 5.74) is 2.87. The van der Waals surface area contributed by atoms with Crippen LogP contribution in [0.5, 0.6) is 0 Å². The Kier molecular flexibility index (Phi) is 4.69. The third-order valence-corrected chi connectivity index (χ3v) is 2.95. The average Bonchev–Trinajstić information content (AvgIpc) is 2.26. The van der Waals surface area contributed by atoms with E-state index in [-0.39, 0.29) is 12.1 Å². The van der Waals surface area contributed by atoms with Crippen molar-refractivity contribution in [3.05, 3.63) is 34.9 Å². The molecule has 3 heteroatoms. The normalized spacial score (nSPS) is 13.8. The van der Waals surface area contributed by atoms with E-state index >= 15 is 0 Å². The number of aliphatic hydroxyl groups is 2. The Morgan fingerprint density at radius 1 is 1.29 bits per heavy atom. The molecule has 0 spiro atoms. The fourth-order valence-electron chi connectivity index (χ4n) is 1.74. The van der Waals surface area contributed by atoms with Crippen molar-refractivity contribution in [2.24, 2.45) is 0 Å². The lowest BCUT2D eigenvalue weighted by atomic mass is 10.00. The number of β-amino-alcohol motifs (C(OH)–C–C–N with tert-alkyl or cyclic N) is 1. The van der Waals surface area contributed by atoms with Crippen LogP contribution in [-0.4, -0.2) is 28.9 Å². The van der Waals surface area contributed by atoms with Crippen molar-refractivity contribution in [2.75, 3.05) is 13.2 Å². The van der Waals surface area contributed by atoms with Gasteiger partial charge in [0, 0.05) is 12.1 Å². The van der Waals surface area contributed by atoms with Crippen LogP contribution in [0.2, 0.25) is 0 Å². The SMILES string of the molecule is Cc1ccc(C(O)CNC(C)(C)CO)c(C)c1. The zero-order valence-corrected chi connectivity index (χ0v) is 11.1. The van der Waals surface area contributed by atoms with Gasteiger partial charge in [0.05, 0.1) is 12.7 Å². The summed E-state index contributed by atoms with van der Waals surface area (Å²) in [6, 6.07) is 6.03. The quantitative estimate of drug-likeness (QED) is 0.730. The molecular formula is C14H23NO2. The lowest BCUT2D eigenvalue weighted by Gasteiger charge is -2.26. The zero-order chi connectivity index (χ0) is 13.1. The maximum Gasteiger partial charge on any atom is 0.0917 e. The first-order valence-corrected chi connectivity index (χ1v) is 5.97. The van der Waals surface area contributed by atoms with Crippen LogP contribution in [0.15, 0.2) is 18.2 Å². The van der Waals surface area contributed by atoms with Gasteiger partial charge in [-0.1, -0.05) is 23.8 Å². The van der Waals surface area contributed by atoms with Gasteiger partial charge in [-0.3, -0.25) is 0 Å². The number of aliphatic hydroxyl groups excluding tert-OH is 2. The predicted octanol–water partition coefficient (Wildman–Crippen LogP) is 1.70. The van der Waals surface area contributed by atoms with E-state index < -0.39 is 6.10 Å². The molecule has 17 heavy (non-hydrogen) atoms. The Morgan fingerprint density at radius 2 is 1.94 bits per heavy atom. The standard InChI is InChI=1S/C14H23NO2/c1-10-5-6-12(11(2)7-10)13(17)8-15-14(3,4)9-16/h5-7,13,15-17H,8-9H2,1-4H3. The number of hydrogen-bond acceptors (Lipinski definition) is 3. The third-order valence-electron chi connectivity index (χ3n) is 2.95. The summed E-state index contributed by atoms with van der Waals surface area (Å²) in [6.45, 7) is 8.34. The Bertz CT molecular complexity index is 374. The highest BCUT2D eigenvalue weighted by Crippen LogP contribution is 2.18. The van der Waals surface area contributed by atoms with E-state index in [2.05, 4.69) is 11.4 Å². The van der Waals surface area contributed by atoms with E-state index in [0.717, 1.165) is 11.1 Å². The third kappa shape index (κ3) is 4.11. The molecule has 0 heterocycles. The molecule has 0 aliphatic rings. The lowest BCUT2D eigenvalue weighted by molar-refractivity contribution is 0.135. The molecule has 0 saturated heterocycles. The maximum atomic E-state index is 10.1. The van der Waals surface area contributed by atoms with Crippen LogP contribution in [0.25, 0.3) is 0 Å². The highest BCUT2D eigenvalue weighted by Gasteiger charge is 2.18. The van der Waals surface area contributed by atoms with Crippen molar-refractivity contribution in [3.63, 3.8) is 0 Å². The van der Waals surface area contributed by atoms with Gasteiger partial charge in [-0.2, -0.15) is 0 Å². The van der Waals surface area contributed by atoms with Crippen molar-refractivity contribution in [1.82, 2.24) is 5.32 Å². The van der Waals surface area contributed by atoms with Gasteiger partial charge in [0.2, 0.25) is 0 Å². The summed E-state index contributed by atoms with van der Waals surface area (Å²) in [5, 5.41) is 22.4. The van der Waals surface area contributed by atoms with E-state index in [1.165, 1.54) is 5.56 Å². The molecule has 0 bridgehead atoms. The second-order valence-electron chi connectivity index (χ2n) is 5.30. The molecule has 0 amide bonds. The van der Waals surface area contributed by atoms with Crippen molar-refractivity contribution < 1.29 is 10.2 Å². The second kappa shape index (κ2) is 5.63. The van der Waals surface area contributed by atoms with Crippen molar-refractivity contribution in [1.29, 1.82) is 0 Å². The number of benzene rings is 1. The minimum absolute atomic E-state index is 0.0482. The molecule has 0 aliphatic heterocycles. The topological polar surface area (TPSA) is 52.5 Å². The molecule has 1 atom stereocenters. The summed E-state index contributed by atoms with van der Waals surface area (Å²) in [4.78, 5) is 0. The van der Waals surface area contributed by atoms with Crippen LogP contribution < -0.4 is 5.32 Å².